The Morgan fingerprint density at radius 1 is 0.474 bits per heavy atom. The summed E-state index contributed by atoms with van der Waals surface area (Å²) in [5.74, 6) is -0.823. The molecule has 5 aromatic carbocycles. The Morgan fingerprint density at radius 3 is 1.05 bits per heavy atom. The summed E-state index contributed by atoms with van der Waals surface area (Å²) in [7, 11) is -8.90. The van der Waals surface area contributed by atoms with Gasteiger partial charge in [0.05, 0.1) is 90.2 Å². The number of carboxylic acid groups (broad SMARTS) is 2. The second kappa shape index (κ2) is 61.8. The van der Waals surface area contributed by atoms with Crippen molar-refractivity contribution in [2.75, 3.05) is 87.4 Å². The van der Waals surface area contributed by atoms with Gasteiger partial charge in [0.25, 0.3) is 0 Å². The number of hydrogen-bond acceptors (Lipinski definition) is 23. The van der Waals surface area contributed by atoms with Gasteiger partial charge in [-0.25, -0.2) is 48.1 Å². The van der Waals surface area contributed by atoms with E-state index >= 15 is 0 Å². The fourth-order valence-electron chi connectivity index (χ4n) is 5.35. The van der Waals surface area contributed by atoms with Crippen LogP contribution in [-0.2, 0) is 53.6 Å². The van der Waals surface area contributed by atoms with Gasteiger partial charge in [0.15, 0.2) is 39.3 Å². The molecule has 0 unspecified atom stereocenters. The minimum absolute atomic E-state index is 0. The molecular weight excluding hydrogens is 1730 g/mol. The number of carbonyl (C=O) groups excluding carboxylic acids is 1. The first-order chi connectivity index (χ1) is 45.1. The fourth-order valence-corrected chi connectivity index (χ4v) is 7.52. The number of ether oxygens (including phenoxy) is 6. The van der Waals surface area contributed by atoms with E-state index < -0.39 is 57.3 Å². The third-order valence-electron chi connectivity index (χ3n) is 10.4. The van der Waals surface area contributed by atoms with Crippen LogP contribution in [0.4, 0.5) is 0 Å². The van der Waals surface area contributed by atoms with Gasteiger partial charge in [-0.15, -0.1) is 0 Å². The van der Waals surface area contributed by atoms with Crippen LogP contribution in [0.25, 0.3) is 0 Å². The Morgan fingerprint density at radius 2 is 0.773 bits per heavy atom. The molecule has 0 bridgehead atoms. The van der Waals surface area contributed by atoms with Crippen molar-refractivity contribution < 1.29 is 190 Å². The molecule has 0 saturated carbocycles. The molecule has 34 heteroatoms. The molecule has 0 atom stereocenters. The number of aliphatic hydroxyl groups is 1. The number of nitrogens with zero attached hydrogens (tertiary/aromatic N) is 2. The van der Waals surface area contributed by atoms with Crippen LogP contribution in [0, 0.1) is 53.8 Å². The number of rotatable bonds is 33. The number of phenolic OH excluding ortho intramolecular Hbond substituents is 2. The van der Waals surface area contributed by atoms with Crippen molar-refractivity contribution in [3.63, 3.8) is 0 Å². The summed E-state index contributed by atoms with van der Waals surface area (Å²) in [6.45, 7) is 18.7. The molecule has 0 aliphatic rings. The number of aliphatic hydroxyl groups excluding tert-OH is 1. The van der Waals surface area contributed by atoms with Crippen LogP contribution in [0.15, 0.2) is 181 Å². The zero-order valence-electron chi connectivity index (χ0n) is 54.2. The summed E-state index contributed by atoms with van der Waals surface area (Å²) in [5.41, 5.74) is 1.80. The van der Waals surface area contributed by atoms with Gasteiger partial charge in [-0.3, -0.25) is 0 Å². The van der Waals surface area contributed by atoms with E-state index in [0.29, 0.717) is 86.4 Å². The van der Waals surface area contributed by atoms with Crippen molar-refractivity contribution in [2.24, 2.45) is 0 Å². The molecule has 5 aromatic rings. The molecule has 524 valence electrons. The van der Waals surface area contributed by atoms with E-state index in [2.05, 4.69) is 73.1 Å². The molecule has 0 aliphatic heterocycles. The topological polar surface area (TPSA) is 422 Å². The first kappa shape index (κ1) is 100. The molecule has 0 aromatic heterocycles. The molecule has 0 amide bonds. The number of esters is 1. The minimum Gasteiger partial charge on any atom is -0.870 e. The molecule has 2 radical (unpaired) electrons. The monoisotopic (exact) mass is 1810 g/mol. The molecule has 25 nitrogen and oxygen atoms in total. The number of carboxylic acids is 2. The van der Waals surface area contributed by atoms with Crippen molar-refractivity contribution in [1.29, 1.82) is 11.9 Å². The predicted octanol–water partition coefficient (Wildman–Crippen LogP) is 6.18. The number of phenols is 2. The smallest absolute Gasteiger partial charge is 0.870 e. The quantitative estimate of drug-likeness (QED) is 0.0103. The van der Waals surface area contributed by atoms with Crippen molar-refractivity contribution in [2.45, 2.75) is 25.7 Å². The number of sulfone groups is 4. The zero-order chi connectivity index (χ0) is 72.6. The van der Waals surface area contributed by atoms with Crippen LogP contribution in [0.2, 0.25) is 0 Å². The number of carbonyl (C=O) groups is 3. The fraction of sp³-hybridized carbons (Fsp3) is 0.286. The van der Waals surface area contributed by atoms with E-state index in [1.165, 1.54) is 48.5 Å². The van der Waals surface area contributed by atoms with Gasteiger partial charge >= 0.3 is 69.3 Å². The summed E-state index contributed by atoms with van der Waals surface area (Å²) < 4.78 is 123. The zero-order valence-corrected chi connectivity index (χ0v) is 66.9. The summed E-state index contributed by atoms with van der Waals surface area (Å²) in [6.07, 6.45) is 2.96. The largest absolute Gasteiger partial charge is 1.00 e. The van der Waals surface area contributed by atoms with E-state index in [4.69, 9.17) is 65.8 Å². The van der Waals surface area contributed by atoms with Gasteiger partial charge in [-0.1, -0.05) is 64.8 Å². The average molecular weight is 1810 g/mol. The van der Waals surface area contributed by atoms with Gasteiger partial charge < -0.3 is 59.4 Å². The van der Waals surface area contributed by atoms with Crippen molar-refractivity contribution in [1.82, 2.24) is 0 Å². The maximum atomic E-state index is 12.1. The Hall–Kier alpha value is -5.30. The molecule has 0 fully saturated rings. The number of hydrogen-bond donors (Lipinski definition) is 5. The molecule has 0 saturated heterocycles. The van der Waals surface area contributed by atoms with Crippen LogP contribution in [-0.4, -0.2) is 180 Å². The van der Waals surface area contributed by atoms with Crippen molar-refractivity contribution in [3.05, 3.63) is 209 Å². The van der Waals surface area contributed by atoms with Crippen LogP contribution < -0.4 is 65.6 Å². The SMILES string of the molecule is C=CS(=O)(=O)C=C.C=CS(=O)(=O)CCOCCCBr.C=CS(=O)(=O)CCOCCCOc1ccc(C(=O)O)cc1.C=CS(=O)(=O)CCOCCCOc1ccc(C(=O)Oc2ccc(C#N)cc2)cc1.N#Cc1ccc(O)cc1.O=C(O)c1ccc(O)cc1.OCCCBr.[2H][B].[K+].[OH-].[U]. The number of benzene rings is 5. The summed E-state index contributed by atoms with van der Waals surface area (Å²) in [5, 5.41) is 66.0. The Labute approximate surface area is 654 Å². The molecule has 5 rings (SSSR count). The number of aromatic carboxylic acids is 2. The van der Waals surface area contributed by atoms with E-state index in [-0.39, 0.29) is 148 Å². The van der Waals surface area contributed by atoms with Crippen molar-refractivity contribution >= 4 is 97.5 Å². The van der Waals surface area contributed by atoms with E-state index in [0.717, 1.165) is 50.5 Å². The maximum absolute atomic E-state index is 12.1. The Bertz CT molecular complexity index is 3580. The number of nitriles is 2. The van der Waals surface area contributed by atoms with Gasteiger partial charge in [0.2, 0.25) is 0 Å². The molecule has 0 spiro atoms. The maximum Gasteiger partial charge on any atom is 1.00 e. The van der Waals surface area contributed by atoms with E-state index in [1.807, 2.05) is 12.1 Å². The molecule has 0 heterocycles. The number of aromatic hydroxyl groups is 2. The van der Waals surface area contributed by atoms with Crippen molar-refractivity contribution in [3.8, 4) is 40.9 Å². The normalized spacial score (nSPS) is 9.97. The van der Waals surface area contributed by atoms with Crippen LogP contribution >= 0.6 is 31.9 Å². The van der Waals surface area contributed by atoms with Crippen LogP contribution in [0.5, 0.6) is 28.7 Å². The number of halogens is 2. The van der Waals surface area contributed by atoms with Gasteiger partial charge in [-0.2, -0.15) is 10.5 Å². The van der Waals surface area contributed by atoms with Gasteiger partial charge in [-0.05, 0) is 136 Å². The second-order valence-corrected chi connectivity index (χ2v) is 27.1. The first-order valence-corrected chi connectivity index (χ1v) is 36.2. The molecule has 6 N–H and O–H groups in total. The Balaban J connectivity index is -0.000000269. The third kappa shape index (κ3) is 57.2. The van der Waals surface area contributed by atoms with E-state index in [9.17, 15) is 48.1 Å². The summed E-state index contributed by atoms with van der Waals surface area (Å²) >= 11 is 6.39. The van der Waals surface area contributed by atoms with Gasteiger partial charge in [0, 0.05) is 116 Å². The summed E-state index contributed by atoms with van der Waals surface area (Å²) in [6, 6.07) is 34.3. The van der Waals surface area contributed by atoms with Crippen LogP contribution in [0.1, 0.15) is 67.9 Å². The van der Waals surface area contributed by atoms with Crippen LogP contribution in [0.3, 0.4) is 0 Å². The minimum atomic E-state index is -3.23. The average Bonchev–Trinajstić information content (AvgIpc) is 1.47. The number of alkyl halides is 2. The third-order valence-corrected chi connectivity index (χ3v) is 16.2. The second-order valence-electron chi connectivity index (χ2n) is 17.5. The standard InChI is InChI=1S/C21H21NO6S.C14H18O6S.C7H13BrO3S.C7H5NO.C7H6O3.C4H6O2S.C3H7BrO.BH.K.H2O.U/c1-2-29(24,25)15-14-26-12-3-13-27-19-10-6-18(7-11-19)21(23)28-20-8-4-17(16-22)5-9-20;1-2-21(17,18)11-10-19-8-3-9-20-13-6-4-12(5-7-13)14(15)16;1-2-12(9,10)7-6-11-5-3-4-8;8-5-6-1-3-7(9)4-2-6;8-6-3-1-5(2-4-6)7(9)10;1-3-7(5,6)4-2;4-2-1-3-5;;;;/h2,4-11H,1,3,12-15H2;2,4-7H,1,3,8-11H2,(H,15,16);2H,1,3-7H2;1-4,9H;1-4,8H,(H,9,10);3-4H,1-2H2;5H,1-3H2;1H;;1H2;/q;;;;;;;;+1;;/p-1/i;;;;;;;1D;;;. The predicted molar refractivity (Wildman–Crippen MR) is 371 cm³/mol. The first-order valence-electron chi connectivity index (χ1n) is 27.8. The van der Waals surface area contributed by atoms with E-state index in [1.54, 1.807) is 72.8 Å². The Kier molecular flexibility index (Phi) is 63.9. The summed E-state index contributed by atoms with van der Waals surface area (Å²) in [4.78, 5) is 33.0. The van der Waals surface area contributed by atoms with Gasteiger partial charge in [0.1, 0.15) is 28.7 Å². The molecule has 0 aliphatic carbocycles. The molecule has 97 heavy (non-hydrogen) atoms. The molecular formula is C63H78BBr2KN2O23S4U.